The molecule has 1 heterocycles. The number of nitrogen functional groups attached to an aromatic ring is 1. The van der Waals surface area contributed by atoms with Gasteiger partial charge in [0.15, 0.2) is 0 Å². The van der Waals surface area contributed by atoms with Crippen LogP contribution in [-0.2, 0) is 5.54 Å². The first-order valence-corrected chi connectivity index (χ1v) is 7.01. The predicted octanol–water partition coefficient (Wildman–Crippen LogP) is 2.78. The quantitative estimate of drug-likeness (QED) is 0.843. The number of nitrogens with two attached hydrogens (primary N) is 1. The Labute approximate surface area is 116 Å². The Bertz CT molecular complexity index is 568. The number of hydrogen-bond donors (Lipinski definition) is 2. The van der Waals surface area contributed by atoms with Gasteiger partial charge in [0, 0.05) is 22.8 Å². The van der Waals surface area contributed by atoms with Crippen molar-refractivity contribution in [3.63, 3.8) is 0 Å². The van der Waals surface area contributed by atoms with E-state index in [-0.39, 0.29) is 5.91 Å². The van der Waals surface area contributed by atoms with Gasteiger partial charge in [-0.25, -0.2) is 4.98 Å². The fourth-order valence-corrected chi connectivity index (χ4v) is 2.62. The zero-order valence-electron chi connectivity index (χ0n) is 11.0. The number of hydrogen-bond acceptors (Lipinski definition) is 4. The molecule has 1 unspecified atom stereocenters. The van der Waals surface area contributed by atoms with E-state index >= 15 is 0 Å². The van der Waals surface area contributed by atoms with Gasteiger partial charge in [0.2, 0.25) is 0 Å². The van der Waals surface area contributed by atoms with Crippen molar-refractivity contribution in [2.24, 2.45) is 0 Å². The highest BCUT2D eigenvalue weighted by Crippen LogP contribution is 2.26. The van der Waals surface area contributed by atoms with Crippen LogP contribution in [0.3, 0.4) is 0 Å². The predicted molar refractivity (Wildman–Crippen MR) is 78.1 cm³/mol. The van der Waals surface area contributed by atoms with Gasteiger partial charge in [-0.2, -0.15) is 0 Å². The minimum atomic E-state index is -0.449. The summed E-state index contributed by atoms with van der Waals surface area (Å²) in [6.07, 6.45) is 2.52. The van der Waals surface area contributed by atoms with E-state index in [0.717, 1.165) is 11.4 Å². The molecule has 2 rings (SSSR count). The first-order valence-electron chi connectivity index (χ1n) is 6.13. The Morgan fingerprint density at radius 2 is 2.32 bits per heavy atom. The average molecular weight is 275 g/mol. The van der Waals surface area contributed by atoms with Gasteiger partial charge in [0.25, 0.3) is 5.91 Å². The maximum Gasteiger partial charge on any atom is 0.252 e. The Balaban J connectivity index is 2.22. The van der Waals surface area contributed by atoms with Crippen molar-refractivity contribution >= 4 is 22.9 Å². The minimum Gasteiger partial charge on any atom is -0.399 e. The summed E-state index contributed by atoms with van der Waals surface area (Å²) in [5.74, 6) is -0.133. The lowest BCUT2D eigenvalue weighted by Gasteiger charge is -2.27. The van der Waals surface area contributed by atoms with E-state index in [9.17, 15) is 4.79 Å². The molecule has 0 fully saturated rings. The molecule has 100 valence electrons. The normalized spacial score (nSPS) is 13.8. The molecular weight excluding hydrogens is 258 g/mol. The van der Waals surface area contributed by atoms with Crippen LogP contribution in [0, 0.1) is 0 Å². The van der Waals surface area contributed by atoms with Crippen LogP contribution in [0.5, 0.6) is 0 Å². The Kier molecular flexibility index (Phi) is 3.85. The van der Waals surface area contributed by atoms with Gasteiger partial charge >= 0.3 is 0 Å². The number of thiazole rings is 1. The van der Waals surface area contributed by atoms with Crippen molar-refractivity contribution in [3.8, 4) is 0 Å². The molecule has 0 aliphatic carbocycles. The van der Waals surface area contributed by atoms with Crippen molar-refractivity contribution in [2.45, 2.75) is 25.8 Å². The molecular formula is C14H17N3OS. The first-order chi connectivity index (χ1) is 9.05. The molecule has 1 atom stereocenters. The van der Waals surface area contributed by atoms with Crippen molar-refractivity contribution in [2.75, 3.05) is 5.73 Å². The number of carbonyl (C=O) groups is 1. The van der Waals surface area contributed by atoms with Gasteiger partial charge in [0.05, 0.1) is 5.54 Å². The van der Waals surface area contributed by atoms with Gasteiger partial charge in [0.1, 0.15) is 5.01 Å². The molecule has 0 aliphatic rings. The van der Waals surface area contributed by atoms with Crippen LogP contribution in [0.4, 0.5) is 5.69 Å². The van der Waals surface area contributed by atoms with Crippen LogP contribution in [0.25, 0.3) is 0 Å². The van der Waals surface area contributed by atoms with Gasteiger partial charge in [-0.1, -0.05) is 13.0 Å². The number of rotatable bonds is 4. The van der Waals surface area contributed by atoms with Crippen LogP contribution in [0.2, 0.25) is 0 Å². The lowest BCUT2D eigenvalue weighted by molar-refractivity contribution is 0.0902. The molecule has 4 nitrogen and oxygen atoms in total. The fraction of sp³-hybridized carbons (Fsp3) is 0.286. The van der Waals surface area contributed by atoms with E-state index in [4.69, 9.17) is 5.73 Å². The Morgan fingerprint density at radius 3 is 2.89 bits per heavy atom. The highest BCUT2D eigenvalue weighted by Gasteiger charge is 2.29. The number of nitrogens with zero attached hydrogens (tertiary/aromatic N) is 1. The SMILES string of the molecule is CCC(C)(NC(=O)c1cccc(N)c1)c1nccs1. The minimum absolute atomic E-state index is 0.133. The average Bonchev–Trinajstić information content (AvgIpc) is 2.93. The Morgan fingerprint density at radius 1 is 1.53 bits per heavy atom. The second-order valence-electron chi connectivity index (χ2n) is 4.60. The molecule has 0 aliphatic heterocycles. The van der Waals surface area contributed by atoms with Crippen LogP contribution >= 0.6 is 11.3 Å². The highest BCUT2D eigenvalue weighted by molar-refractivity contribution is 7.09. The number of nitrogens with one attached hydrogen (secondary N) is 1. The summed E-state index contributed by atoms with van der Waals surface area (Å²) in [6.45, 7) is 4.01. The van der Waals surface area contributed by atoms with E-state index < -0.39 is 5.54 Å². The van der Waals surface area contributed by atoms with E-state index in [2.05, 4.69) is 10.3 Å². The smallest absolute Gasteiger partial charge is 0.252 e. The van der Waals surface area contributed by atoms with Crippen molar-refractivity contribution in [1.29, 1.82) is 0 Å². The molecule has 2 aromatic rings. The molecule has 3 N–H and O–H groups in total. The largest absolute Gasteiger partial charge is 0.399 e. The topological polar surface area (TPSA) is 68.0 Å². The second kappa shape index (κ2) is 5.40. The van der Waals surface area contributed by atoms with E-state index in [0.29, 0.717) is 11.3 Å². The van der Waals surface area contributed by atoms with Crippen molar-refractivity contribution < 1.29 is 4.79 Å². The van der Waals surface area contributed by atoms with Gasteiger partial charge < -0.3 is 11.1 Å². The van der Waals surface area contributed by atoms with E-state index in [1.54, 1.807) is 41.8 Å². The third kappa shape index (κ3) is 2.93. The lowest BCUT2D eigenvalue weighted by atomic mass is 9.99. The van der Waals surface area contributed by atoms with Gasteiger partial charge in [-0.3, -0.25) is 4.79 Å². The molecule has 1 amide bonds. The summed E-state index contributed by atoms with van der Waals surface area (Å²) in [4.78, 5) is 16.6. The molecule has 19 heavy (non-hydrogen) atoms. The van der Waals surface area contributed by atoms with Gasteiger partial charge in [-0.05, 0) is 31.5 Å². The molecule has 5 heteroatoms. The van der Waals surface area contributed by atoms with Crippen LogP contribution in [-0.4, -0.2) is 10.9 Å². The highest BCUT2D eigenvalue weighted by atomic mass is 32.1. The summed E-state index contributed by atoms with van der Waals surface area (Å²) in [5.41, 5.74) is 6.40. The zero-order valence-corrected chi connectivity index (χ0v) is 11.8. The summed E-state index contributed by atoms with van der Waals surface area (Å²) in [7, 11) is 0. The molecule has 0 saturated carbocycles. The second-order valence-corrected chi connectivity index (χ2v) is 5.50. The molecule has 0 spiro atoms. The Hall–Kier alpha value is -1.88. The molecule has 0 saturated heterocycles. The monoisotopic (exact) mass is 275 g/mol. The number of amides is 1. The maximum absolute atomic E-state index is 12.3. The summed E-state index contributed by atoms with van der Waals surface area (Å²) < 4.78 is 0. The number of anilines is 1. The van der Waals surface area contributed by atoms with Crippen LogP contribution < -0.4 is 11.1 Å². The number of aromatic nitrogens is 1. The first kappa shape index (κ1) is 13.5. The van der Waals surface area contributed by atoms with Crippen LogP contribution in [0.1, 0.15) is 35.6 Å². The van der Waals surface area contributed by atoms with Crippen molar-refractivity contribution in [3.05, 3.63) is 46.4 Å². The standard InChI is InChI=1S/C14H17N3OS/c1-3-14(2,13-16-7-8-19-13)17-12(18)10-5-4-6-11(15)9-10/h4-9H,3,15H2,1-2H3,(H,17,18). The molecule has 0 radical (unpaired) electrons. The summed E-state index contributed by atoms with van der Waals surface area (Å²) in [6, 6.07) is 6.96. The number of benzene rings is 1. The molecule has 1 aromatic carbocycles. The summed E-state index contributed by atoms with van der Waals surface area (Å²) in [5, 5.41) is 5.86. The third-order valence-corrected chi connectivity index (χ3v) is 4.19. The molecule has 1 aromatic heterocycles. The zero-order chi connectivity index (χ0) is 13.9. The fourth-order valence-electron chi connectivity index (χ4n) is 1.79. The third-order valence-electron chi connectivity index (χ3n) is 3.15. The molecule has 0 bridgehead atoms. The van der Waals surface area contributed by atoms with Crippen LogP contribution in [0.15, 0.2) is 35.8 Å². The number of carbonyl (C=O) groups excluding carboxylic acids is 1. The van der Waals surface area contributed by atoms with Gasteiger partial charge in [-0.15, -0.1) is 11.3 Å². The lowest BCUT2D eigenvalue weighted by Crippen LogP contribution is -2.43. The van der Waals surface area contributed by atoms with Crippen molar-refractivity contribution in [1.82, 2.24) is 10.3 Å². The summed E-state index contributed by atoms with van der Waals surface area (Å²) >= 11 is 1.54. The van der Waals surface area contributed by atoms with E-state index in [1.807, 2.05) is 19.2 Å². The maximum atomic E-state index is 12.3. The van der Waals surface area contributed by atoms with E-state index in [1.165, 1.54) is 0 Å².